The molecule has 1 aromatic heterocycles. The van der Waals surface area contributed by atoms with Gasteiger partial charge in [-0.2, -0.15) is 4.98 Å². The zero-order chi connectivity index (χ0) is 12.3. The Hall–Kier alpha value is -1.82. The maximum atomic E-state index is 12.9. The second-order valence-corrected chi connectivity index (χ2v) is 3.60. The topological polar surface area (TPSA) is 64.9 Å². The average Bonchev–Trinajstić information content (AvgIpc) is 2.64. The molecule has 0 spiro atoms. The normalized spacial score (nSPS) is 10.8. The number of hydrogen-bond donors (Lipinski definition) is 1. The van der Waals surface area contributed by atoms with Crippen LogP contribution < -0.4 is 5.73 Å². The van der Waals surface area contributed by atoms with E-state index in [9.17, 15) is 8.78 Å². The summed E-state index contributed by atoms with van der Waals surface area (Å²) in [5.41, 5.74) is 5.80. The fourth-order valence-corrected chi connectivity index (χ4v) is 1.48. The van der Waals surface area contributed by atoms with E-state index in [1.807, 2.05) is 0 Å². The standard InChI is InChI=1S/C11H11F2N3O/c12-8-3-7(4-9(13)6-8)5-10-15-11(1-2-14)17-16-10/h3-4,6H,1-2,5,14H2. The van der Waals surface area contributed by atoms with Crippen LogP contribution in [0.1, 0.15) is 17.3 Å². The van der Waals surface area contributed by atoms with Crippen molar-refractivity contribution in [1.29, 1.82) is 0 Å². The van der Waals surface area contributed by atoms with Crippen molar-refractivity contribution in [2.45, 2.75) is 12.8 Å². The molecular weight excluding hydrogens is 228 g/mol. The van der Waals surface area contributed by atoms with Crippen molar-refractivity contribution < 1.29 is 13.3 Å². The van der Waals surface area contributed by atoms with Gasteiger partial charge < -0.3 is 10.3 Å². The summed E-state index contributed by atoms with van der Waals surface area (Å²) in [6.45, 7) is 0.413. The van der Waals surface area contributed by atoms with Crippen molar-refractivity contribution >= 4 is 0 Å². The molecule has 0 saturated carbocycles. The van der Waals surface area contributed by atoms with Crippen LogP contribution in [0.3, 0.4) is 0 Å². The average molecular weight is 239 g/mol. The molecule has 90 valence electrons. The highest BCUT2D eigenvalue weighted by molar-refractivity contribution is 5.21. The molecule has 0 saturated heterocycles. The van der Waals surface area contributed by atoms with E-state index in [0.29, 0.717) is 30.2 Å². The first-order valence-electron chi connectivity index (χ1n) is 5.14. The third kappa shape index (κ3) is 3.07. The third-order valence-corrected chi connectivity index (χ3v) is 2.15. The number of benzene rings is 1. The molecular formula is C11H11F2N3O. The second kappa shape index (κ2) is 5.01. The predicted molar refractivity (Wildman–Crippen MR) is 56.2 cm³/mol. The van der Waals surface area contributed by atoms with Crippen LogP contribution in [0.4, 0.5) is 8.78 Å². The van der Waals surface area contributed by atoms with Crippen molar-refractivity contribution in [3.63, 3.8) is 0 Å². The number of nitrogens with zero attached hydrogens (tertiary/aromatic N) is 2. The Bertz CT molecular complexity index is 493. The van der Waals surface area contributed by atoms with Crippen LogP contribution in [0.25, 0.3) is 0 Å². The molecule has 0 atom stereocenters. The lowest BCUT2D eigenvalue weighted by Gasteiger charge is -1.97. The van der Waals surface area contributed by atoms with Gasteiger partial charge >= 0.3 is 0 Å². The van der Waals surface area contributed by atoms with Gasteiger partial charge in [-0.1, -0.05) is 5.16 Å². The maximum Gasteiger partial charge on any atom is 0.227 e. The molecule has 0 amide bonds. The Kier molecular flexibility index (Phi) is 3.43. The molecule has 4 nitrogen and oxygen atoms in total. The maximum absolute atomic E-state index is 12.9. The number of nitrogens with two attached hydrogens (primary N) is 1. The van der Waals surface area contributed by atoms with E-state index in [1.54, 1.807) is 0 Å². The van der Waals surface area contributed by atoms with E-state index >= 15 is 0 Å². The lowest BCUT2D eigenvalue weighted by molar-refractivity contribution is 0.375. The molecule has 2 N–H and O–H groups in total. The van der Waals surface area contributed by atoms with Gasteiger partial charge in [0.2, 0.25) is 5.89 Å². The Labute approximate surface area is 96.4 Å². The van der Waals surface area contributed by atoms with Crippen LogP contribution in [0.2, 0.25) is 0 Å². The van der Waals surface area contributed by atoms with Crippen LogP contribution in [0, 0.1) is 11.6 Å². The van der Waals surface area contributed by atoms with Crippen LogP contribution >= 0.6 is 0 Å². The number of hydrogen-bond acceptors (Lipinski definition) is 4. The molecule has 0 fully saturated rings. The SMILES string of the molecule is NCCc1nc(Cc2cc(F)cc(F)c2)no1. The monoisotopic (exact) mass is 239 g/mol. The van der Waals surface area contributed by atoms with E-state index in [1.165, 1.54) is 12.1 Å². The highest BCUT2D eigenvalue weighted by Gasteiger charge is 2.08. The van der Waals surface area contributed by atoms with E-state index < -0.39 is 11.6 Å². The van der Waals surface area contributed by atoms with Crippen molar-refractivity contribution in [1.82, 2.24) is 10.1 Å². The molecule has 2 aromatic rings. The molecule has 0 unspecified atom stereocenters. The first-order valence-corrected chi connectivity index (χ1v) is 5.14. The first kappa shape index (κ1) is 11.7. The molecule has 0 aliphatic heterocycles. The van der Waals surface area contributed by atoms with Crippen LogP contribution in [0.15, 0.2) is 22.7 Å². The number of rotatable bonds is 4. The Morgan fingerprint density at radius 3 is 2.53 bits per heavy atom. The Morgan fingerprint density at radius 2 is 1.88 bits per heavy atom. The molecule has 1 heterocycles. The van der Waals surface area contributed by atoms with Crippen LogP contribution in [-0.4, -0.2) is 16.7 Å². The summed E-state index contributed by atoms with van der Waals surface area (Å²) >= 11 is 0. The molecule has 17 heavy (non-hydrogen) atoms. The molecule has 6 heteroatoms. The van der Waals surface area contributed by atoms with Gasteiger partial charge in [-0.3, -0.25) is 0 Å². The van der Waals surface area contributed by atoms with Gasteiger partial charge in [0.15, 0.2) is 5.82 Å². The summed E-state index contributed by atoms with van der Waals surface area (Å²) in [4.78, 5) is 4.05. The molecule has 0 aliphatic carbocycles. The van der Waals surface area contributed by atoms with Gasteiger partial charge in [-0.15, -0.1) is 0 Å². The smallest absolute Gasteiger partial charge is 0.227 e. The third-order valence-electron chi connectivity index (χ3n) is 2.15. The van der Waals surface area contributed by atoms with Gasteiger partial charge in [0.05, 0.1) is 0 Å². The van der Waals surface area contributed by atoms with E-state index in [4.69, 9.17) is 10.3 Å². The van der Waals surface area contributed by atoms with Gasteiger partial charge in [-0.25, -0.2) is 8.78 Å². The van der Waals surface area contributed by atoms with Crippen molar-refractivity contribution in [3.8, 4) is 0 Å². The summed E-state index contributed by atoms with van der Waals surface area (Å²) in [7, 11) is 0. The minimum Gasteiger partial charge on any atom is -0.339 e. The largest absolute Gasteiger partial charge is 0.339 e. The molecule has 1 aromatic carbocycles. The van der Waals surface area contributed by atoms with Crippen molar-refractivity contribution in [2.24, 2.45) is 5.73 Å². The fraction of sp³-hybridized carbons (Fsp3) is 0.273. The van der Waals surface area contributed by atoms with Crippen molar-refractivity contribution in [2.75, 3.05) is 6.54 Å². The molecule has 0 bridgehead atoms. The zero-order valence-corrected chi connectivity index (χ0v) is 8.99. The van der Waals surface area contributed by atoms with Crippen LogP contribution in [-0.2, 0) is 12.8 Å². The van der Waals surface area contributed by atoms with Gasteiger partial charge in [-0.05, 0) is 17.7 Å². The quantitative estimate of drug-likeness (QED) is 0.876. The minimum absolute atomic E-state index is 0.225. The van der Waals surface area contributed by atoms with Gasteiger partial charge in [0.25, 0.3) is 0 Å². The highest BCUT2D eigenvalue weighted by Crippen LogP contribution is 2.11. The summed E-state index contributed by atoms with van der Waals surface area (Å²) in [5, 5.41) is 3.70. The molecule has 0 radical (unpaired) electrons. The predicted octanol–water partition coefficient (Wildman–Crippen LogP) is 1.44. The number of aromatic nitrogens is 2. The zero-order valence-electron chi connectivity index (χ0n) is 8.99. The van der Waals surface area contributed by atoms with Crippen LogP contribution in [0.5, 0.6) is 0 Å². The highest BCUT2D eigenvalue weighted by atomic mass is 19.1. The Balaban J connectivity index is 2.13. The summed E-state index contributed by atoms with van der Waals surface area (Å²) in [5.74, 6) is -0.422. The number of halogens is 2. The minimum atomic E-state index is -0.620. The lowest BCUT2D eigenvalue weighted by atomic mass is 10.1. The lowest BCUT2D eigenvalue weighted by Crippen LogP contribution is -2.03. The summed E-state index contributed by atoms with van der Waals surface area (Å²) < 4.78 is 30.8. The van der Waals surface area contributed by atoms with E-state index in [-0.39, 0.29) is 6.42 Å². The van der Waals surface area contributed by atoms with Gasteiger partial charge in [0, 0.05) is 25.5 Å². The summed E-state index contributed by atoms with van der Waals surface area (Å²) in [6, 6.07) is 3.30. The van der Waals surface area contributed by atoms with E-state index in [2.05, 4.69) is 10.1 Å². The summed E-state index contributed by atoms with van der Waals surface area (Å²) in [6.07, 6.45) is 0.716. The molecule has 2 rings (SSSR count). The van der Waals surface area contributed by atoms with E-state index in [0.717, 1.165) is 6.07 Å². The fourth-order valence-electron chi connectivity index (χ4n) is 1.48. The first-order chi connectivity index (χ1) is 8.17. The van der Waals surface area contributed by atoms with Crippen molar-refractivity contribution in [3.05, 3.63) is 47.1 Å². The van der Waals surface area contributed by atoms with Gasteiger partial charge in [0.1, 0.15) is 11.6 Å². The Morgan fingerprint density at radius 1 is 1.18 bits per heavy atom. The second-order valence-electron chi connectivity index (χ2n) is 3.60. The molecule has 0 aliphatic rings.